The Morgan fingerprint density at radius 2 is 2.11 bits per heavy atom. The van der Waals surface area contributed by atoms with Gasteiger partial charge in [0.1, 0.15) is 11.4 Å². The van der Waals surface area contributed by atoms with E-state index in [1.807, 2.05) is 24.0 Å². The second kappa shape index (κ2) is 7.75. The molecular weight excluding hydrogens is 358 g/mol. The van der Waals surface area contributed by atoms with Gasteiger partial charge in [-0.2, -0.15) is 4.98 Å². The van der Waals surface area contributed by atoms with E-state index in [9.17, 15) is 4.79 Å². The van der Waals surface area contributed by atoms with Gasteiger partial charge in [-0.3, -0.25) is 9.78 Å². The molecule has 4 rings (SSSR count). The van der Waals surface area contributed by atoms with Crippen molar-refractivity contribution in [2.75, 3.05) is 20.2 Å². The van der Waals surface area contributed by atoms with Gasteiger partial charge in [0.05, 0.1) is 24.6 Å². The monoisotopic (exact) mass is 379 g/mol. The van der Waals surface area contributed by atoms with Crippen LogP contribution in [-0.2, 0) is 0 Å². The normalized spacial score (nSPS) is 16.8. The van der Waals surface area contributed by atoms with Crippen LogP contribution in [0.5, 0.6) is 5.75 Å². The van der Waals surface area contributed by atoms with Crippen molar-refractivity contribution in [2.45, 2.75) is 25.7 Å². The lowest BCUT2D eigenvalue weighted by molar-refractivity contribution is 0.0700. The highest BCUT2D eigenvalue weighted by Crippen LogP contribution is 2.29. The SMILES string of the molecule is COc1ccccc1C(=O)N1CCCC(c2noc(-c3cnc(C)cn3)n2)C1. The van der Waals surface area contributed by atoms with Crippen LogP contribution in [-0.4, -0.2) is 51.1 Å². The molecule has 0 bridgehead atoms. The number of nitrogens with zero attached hydrogens (tertiary/aromatic N) is 5. The molecule has 1 atom stereocenters. The number of hydrogen-bond acceptors (Lipinski definition) is 7. The molecule has 1 saturated heterocycles. The Hall–Kier alpha value is -3.29. The van der Waals surface area contributed by atoms with Crippen molar-refractivity contribution in [2.24, 2.45) is 0 Å². The number of para-hydroxylation sites is 1. The first-order chi connectivity index (χ1) is 13.7. The number of amides is 1. The average molecular weight is 379 g/mol. The predicted molar refractivity (Wildman–Crippen MR) is 101 cm³/mol. The summed E-state index contributed by atoms with van der Waals surface area (Å²) in [4.78, 5) is 27.8. The standard InChI is InChI=1S/C20H21N5O3/c1-13-10-22-16(11-21-13)19-23-18(24-28-19)14-6-5-9-25(12-14)20(26)15-7-3-4-8-17(15)27-2/h3-4,7-8,10-11,14H,5-6,9,12H2,1-2H3. The summed E-state index contributed by atoms with van der Waals surface area (Å²) in [5.41, 5.74) is 1.93. The lowest BCUT2D eigenvalue weighted by atomic mass is 9.96. The number of aryl methyl sites for hydroxylation is 1. The van der Waals surface area contributed by atoms with Crippen molar-refractivity contribution < 1.29 is 14.1 Å². The van der Waals surface area contributed by atoms with Crippen LogP contribution >= 0.6 is 0 Å². The van der Waals surface area contributed by atoms with E-state index in [4.69, 9.17) is 9.26 Å². The first kappa shape index (κ1) is 18.1. The molecule has 2 aromatic heterocycles. The van der Waals surface area contributed by atoms with Crippen molar-refractivity contribution in [1.82, 2.24) is 25.0 Å². The van der Waals surface area contributed by atoms with E-state index in [0.717, 1.165) is 18.5 Å². The highest BCUT2D eigenvalue weighted by Gasteiger charge is 2.29. The van der Waals surface area contributed by atoms with Crippen LogP contribution in [0.1, 0.15) is 40.6 Å². The Morgan fingerprint density at radius 1 is 1.25 bits per heavy atom. The quantitative estimate of drug-likeness (QED) is 0.688. The summed E-state index contributed by atoms with van der Waals surface area (Å²) < 4.78 is 10.7. The summed E-state index contributed by atoms with van der Waals surface area (Å²) in [6.45, 7) is 3.10. The van der Waals surface area contributed by atoms with E-state index in [1.54, 1.807) is 31.6 Å². The minimum atomic E-state index is -0.0460. The molecule has 1 amide bonds. The van der Waals surface area contributed by atoms with Gasteiger partial charge in [-0.1, -0.05) is 17.3 Å². The minimum absolute atomic E-state index is 0.0170. The maximum absolute atomic E-state index is 13.0. The van der Waals surface area contributed by atoms with E-state index in [1.165, 1.54) is 0 Å². The number of piperidine rings is 1. The lowest BCUT2D eigenvalue weighted by Gasteiger charge is -2.31. The molecule has 1 aromatic carbocycles. The Bertz CT molecular complexity index is 970. The van der Waals surface area contributed by atoms with Gasteiger partial charge in [-0.15, -0.1) is 0 Å². The maximum atomic E-state index is 13.0. The predicted octanol–water partition coefficient (Wildman–Crippen LogP) is 2.86. The molecule has 1 aliphatic rings. The van der Waals surface area contributed by atoms with E-state index in [2.05, 4.69) is 20.1 Å². The summed E-state index contributed by atoms with van der Waals surface area (Å²) in [5, 5.41) is 4.12. The Morgan fingerprint density at radius 3 is 2.89 bits per heavy atom. The minimum Gasteiger partial charge on any atom is -0.496 e. The molecule has 1 fully saturated rings. The van der Waals surface area contributed by atoms with Gasteiger partial charge in [0.2, 0.25) is 0 Å². The second-order valence-corrected chi connectivity index (χ2v) is 6.79. The third kappa shape index (κ3) is 3.58. The number of methoxy groups -OCH3 is 1. The molecule has 3 heterocycles. The smallest absolute Gasteiger partial charge is 0.278 e. The molecule has 3 aromatic rings. The van der Waals surface area contributed by atoms with Crippen molar-refractivity contribution in [3.8, 4) is 17.3 Å². The zero-order chi connectivity index (χ0) is 19.5. The van der Waals surface area contributed by atoms with Gasteiger partial charge in [0.25, 0.3) is 11.8 Å². The van der Waals surface area contributed by atoms with E-state index in [0.29, 0.717) is 41.8 Å². The summed E-state index contributed by atoms with van der Waals surface area (Å²) in [6.07, 6.45) is 5.05. The van der Waals surface area contributed by atoms with Gasteiger partial charge in [0.15, 0.2) is 5.82 Å². The van der Waals surface area contributed by atoms with Crippen molar-refractivity contribution in [3.05, 3.63) is 53.7 Å². The van der Waals surface area contributed by atoms with Crippen LogP contribution in [0.4, 0.5) is 0 Å². The van der Waals surface area contributed by atoms with Crippen LogP contribution < -0.4 is 4.74 Å². The third-order valence-electron chi connectivity index (χ3n) is 4.85. The fourth-order valence-electron chi connectivity index (χ4n) is 3.37. The maximum Gasteiger partial charge on any atom is 0.278 e. The number of hydrogen-bond donors (Lipinski definition) is 0. The molecule has 28 heavy (non-hydrogen) atoms. The number of benzene rings is 1. The number of carbonyl (C=O) groups excluding carboxylic acids is 1. The van der Waals surface area contributed by atoms with E-state index in [-0.39, 0.29) is 11.8 Å². The molecule has 1 aliphatic heterocycles. The Balaban J connectivity index is 1.51. The van der Waals surface area contributed by atoms with Crippen LogP contribution in [0.15, 0.2) is 41.2 Å². The van der Waals surface area contributed by atoms with Gasteiger partial charge in [-0.25, -0.2) is 4.98 Å². The summed E-state index contributed by atoms with van der Waals surface area (Å²) in [5.74, 6) is 1.48. The molecular formula is C20H21N5O3. The lowest BCUT2D eigenvalue weighted by Crippen LogP contribution is -2.39. The topological polar surface area (TPSA) is 94.2 Å². The number of likely N-dealkylation sites (tertiary alicyclic amines) is 1. The molecule has 0 saturated carbocycles. The fraction of sp³-hybridized carbons (Fsp3) is 0.350. The molecule has 1 unspecified atom stereocenters. The summed E-state index contributed by atoms with van der Waals surface area (Å²) in [7, 11) is 1.57. The number of aromatic nitrogens is 4. The Labute approximate surface area is 162 Å². The number of carbonyl (C=O) groups is 1. The van der Waals surface area contributed by atoms with Crippen molar-refractivity contribution in [3.63, 3.8) is 0 Å². The van der Waals surface area contributed by atoms with E-state index < -0.39 is 0 Å². The molecule has 0 spiro atoms. The zero-order valence-corrected chi connectivity index (χ0v) is 15.8. The average Bonchev–Trinajstić information content (AvgIpc) is 3.24. The largest absolute Gasteiger partial charge is 0.496 e. The van der Waals surface area contributed by atoms with Crippen molar-refractivity contribution >= 4 is 5.91 Å². The molecule has 8 nitrogen and oxygen atoms in total. The highest BCUT2D eigenvalue weighted by molar-refractivity contribution is 5.97. The zero-order valence-electron chi connectivity index (χ0n) is 15.8. The number of ether oxygens (including phenoxy) is 1. The van der Waals surface area contributed by atoms with Gasteiger partial charge >= 0.3 is 0 Å². The third-order valence-corrected chi connectivity index (χ3v) is 4.85. The fourth-order valence-corrected chi connectivity index (χ4v) is 3.37. The van der Waals surface area contributed by atoms with Gasteiger partial charge < -0.3 is 14.2 Å². The molecule has 8 heteroatoms. The Kier molecular flexibility index (Phi) is 5.01. The van der Waals surface area contributed by atoms with Crippen LogP contribution in [0.3, 0.4) is 0 Å². The van der Waals surface area contributed by atoms with Gasteiger partial charge in [0, 0.05) is 25.2 Å². The molecule has 144 valence electrons. The van der Waals surface area contributed by atoms with Crippen molar-refractivity contribution in [1.29, 1.82) is 0 Å². The molecule has 0 radical (unpaired) electrons. The van der Waals surface area contributed by atoms with Crippen LogP contribution in [0.25, 0.3) is 11.6 Å². The van der Waals surface area contributed by atoms with E-state index >= 15 is 0 Å². The summed E-state index contributed by atoms with van der Waals surface area (Å²) in [6, 6.07) is 7.27. The van der Waals surface area contributed by atoms with Crippen LogP contribution in [0.2, 0.25) is 0 Å². The summed E-state index contributed by atoms with van der Waals surface area (Å²) >= 11 is 0. The molecule has 0 aliphatic carbocycles. The highest BCUT2D eigenvalue weighted by atomic mass is 16.5. The number of rotatable bonds is 4. The van der Waals surface area contributed by atoms with Gasteiger partial charge in [-0.05, 0) is 31.9 Å². The first-order valence-electron chi connectivity index (χ1n) is 9.20. The molecule has 0 N–H and O–H groups in total. The van der Waals surface area contributed by atoms with Crippen LogP contribution in [0, 0.1) is 6.92 Å². The second-order valence-electron chi connectivity index (χ2n) is 6.79. The first-order valence-corrected chi connectivity index (χ1v) is 9.20.